The molecule has 0 aromatic heterocycles. The zero-order chi connectivity index (χ0) is 19.2. The molecule has 0 saturated carbocycles. The molecule has 3 rings (SSSR count). The minimum absolute atomic E-state index is 0.192. The maximum absolute atomic E-state index is 14.0. The Balaban J connectivity index is 1.60. The summed E-state index contributed by atoms with van der Waals surface area (Å²) in [5, 5.41) is 3.05. The molecule has 1 N–H and O–H groups in total. The minimum Gasteiger partial charge on any atom is -0.381 e. The van der Waals surface area contributed by atoms with Crippen molar-refractivity contribution < 1.29 is 18.7 Å². The van der Waals surface area contributed by atoms with Crippen molar-refractivity contribution in [3.63, 3.8) is 0 Å². The summed E-state index contributed by atoms with van der Waals surface area (Å²) in [5.74, 6) is 0.122. The van der Waals surface area contributed by atoms with E-state index in [4.69, 9.17) is 9.47 Å². The Hall–Kier alpha value is -1.70. The molecule has 2 aliphatic heterocycles. The molecule has 6 nitrogen and oxygen atoms in total. The first-order valence-corrected chi connectivity index (χ1v) is 9.72. The summed E-state index contributed by atoms with van der Waals surface area (Å²) in [4.78, 5) is 16.6. The molecule has 2 heterocycles. The number of rotatable bonds is 6. The summed E-state index contributed by atoms with van der Waals surface area (Å²) < 4.78 is 25.1. The highest BCUT2D eigenvalue weighted by atomic mass is 19.1. The summed E-state index contributed by atoms with van der Waals surface area (Å²) in [6, 6.07) is 6.28. The molecule has 3 atom stereocenters. The molecule has 0 radical (unpaired) electrons. The molecule has 2 fully saturated rings. The summed E-state index contributed by atoms with van der Waals surface area (Å²) in [6.45, 7) is 7.11. The number of urea groups is 1. The molecule has 150 valence electrons. The lowest BCUT2D eigenvalue weighted by molar-refractivity contribution is 0.00184. The van der Waals surface area contributed by atoms with Crippen LogP contribution in [0.3, 0.4) is 0 Å². The Bertz CT molecular complexity index is 618. The van der Waals surface area contributed by atoms with Gasteiger partial charge in [0.05, 0.1) is 25.9 Å². The molecule has 0 spiro atoms. The lowest BCUT2D eigenvalue weighted by atomic mass is 9.97. The van der Waals surface area contributed by atoms with Crippen molar-refractivity contribution in [1.82, 2.24) is 15.1 Å². The second-order valence-electron chi connectivity index (χ2n) is 7.33. The molecule has 27 heavy (non-hydrogen) atoms. The lowest BCUT2D eigenvalue weighted by Crippen LogP contribution is -2.53. The van der Waals surface area contributed by atoms with Crippen LogP contribution in [0.4, 0.5) is 9.18 Å². The first kappa shape index (κ1) is 20.0. The van der Waals surface area contributed by atoms with Crippen LogP contribution in [0.25, 0.3) is 0 Å². The van der Waals surface area contributed by atoms with Gasteiger partial charge in [0, 0.05) is 50.8 Å². The van der Waals surface area contributed by atoms with Gasteiger partial charge in [0.15, 0.2) is 0 Å². The third-order valence-electron chi connectivity index (χ3n) is 5.74. The maximum atomic E-state index is 14.0. The van der Waals surface area contributed by atoms with Crippen molar-refractivity contribution in [2.75, 3.05) is 53.1 Å². The SMILES string of the molecule is C[C@H](c1ccccc1F)N(C)C(=O)NC[C@@H]([C@H]1CCOC1)N1CCOCC1. The number of nitrogens with zero attached hydrogens (tertiary/aromatic N) is 2. The van der Waals surface area contributed by atoms with Gasteiger partial charge < -0.3 is 19.7 Å². The van der Waals surface area contributed by atoms with Crippen molar-refractivity contribution in [1.29, 1.82) is 0 Å². The molecule has 7 heteroatoms. The Morgan fingerprint density at radius 1 is 1.30 bits per heavy atom. The Morgan fingerprint density at radius 3 is 2.70 bits per heavy atom. The number of carbonyl (C=O) groups is 1. The van der Waals surface area contributed by atoms with E-state index in [1.165, 1.54) is 6.07 Å². The summed E-state index contributed by atoms with van der Waals surface area (Å²) in [7, 11) is 1.70. The van der Waals surface area contributed by atoms with Gasteiger partial charge in [-0.3, -0.25) is 4.90 Å². The van der Waals surface area contributed by atoms with Gasteiger partial charge in [-0.15, -0.1) is 0 Å². The number of ether oxygens (including phenoxy) is 2. The number of amides is 2. The van der Waals surface area contributed by atoms with Gasteiger partial charge in [0.2, 0.25) is 0 Å². The normalized spacial score (nSPS) is 23.0. The molecule has 2 saturated heterocycles. The Kier molecular flexibility index (Phi) is 7.04. The second kappa shape index (κ2) is 9.48. The van der Waals surface area contributed by atoms with E-state index in [-0.39, 0.29) is 23.9 Å². The van der Waals surface area contributed by atoms with Crippen LogP contribution >= 0.6 is 0 Å². The largest absolute Gasteiger partial charge is 0.381 e. The van der Waals surface area contributed by atoms with E-state index in [0.717, 1.165) is 45.9 Å². The average molecular weight is 379 g/mol. The van der Waals surface area contributed by atoms with Crippen LogP contribution in [0.15, 0.2) is 24.3 Å². The van der Waals surface area contributed by atoms with Crippen LogP contribution in [-0.4, -0.2) is 75.0 Å². The number of carbonyl (C=O) groups excluding carboxylic acids is 1. The van der Waals surface area contributed by atoms with Crippen molar-refractivity contribution in [2.45, 2.75) is 25.4 Å². The monoisotopic (exact) mass is 379 g/mol. The highest BCUT2D eigenvalue weighted by Crippen LogP contribution is 2.23. The van der Waals surface area contributed by atoms with E-state index in [1.54, 1.807) is 30.1 Å². The molecule has 1 aromatic rings. The van der Waals surface area contributed by atoms with E-state index in [1.807, 2.05) is 6.92 Å². The quantitative estimate of drug-likeness (QED) is 0.824. The number of nitrogens with one attached hydrogen (secondary N) is 1. The van der Waals surface area contributed by atoms with Crippen LogP contribution in [-0.2, 0) is 9.47 Å². The molecule has 2 aliphatic rings. The highest BCUT2D eigenvalue weighted by Gasteiger charge is 2.32. The van der Waals surface area contributed by atoms with Gasteiger partial charge in [-0.2, -0.15) is 0 Å². The minimum atomic E-state index is -0.345. The van der Waals surface area contributed by atoms with Crippen LogP contribution in [0.5, 0.6) is 0 Å². The third kappa shape index (κ3) is 4.97. The maximum Gasteiger partial charge on any atom is 0.317 e. The van der Waals surface area contributed by atoms with Crippen LogP contribution in [0.2, 0.25) is 0 Å². The van der Waals surface area contributed by atoms with E-state index in [2.05, 4.69) is 10.2 Å². The van der Waals surface area contributed by atoms with Crippen LogP contribution in [0.1, 0.15) is 24.9 Å². The van der Waals surface area contributed by atoms with E-state index in [0.29, 0.717) is 18.0 Å². The summed E-state index contributed by atoms with van der Waals surface area (Å²) >= 11 is 0. The topological polar surface area (TPSA) is 54.0 Å². The fourth-order valence-electron chi connectivity index (χ4n) is 3.87. The van der Waals surface area contributed by atoms with E-state index in [9.17, 15) is 9.18 Å². The number of hydrogen-bond acceptors (Lipinski definition) is 4. The summed E-state index contributed by atoms with van der Waals surface area (Å²) in [5.41, 5.74) is 0.518. The molecule has 1 aromatic carbocycles. The number of benzene rings is 1. The van der Waals surface area contributed by atoms with E-state index < -0.39 is 0 Å². The first-order valence-electron chi connectivity index (χ1n) is 9.72. The van der Waals surface area contributed by atoms with Crippen molar-refractivity contribution in [3.8, 4) is 0 Å². The fourth-order valence-corrected chi connectivity index (χ4v) is 3.87. The fraction of sp³-hybridized carbons (Fsp3) is 0.650. The first-order chi connectivity index (χ1) is 13.1. The van der Waals surface area contributed by atoms with E-state index >= 15 is 0 Å². The zero-order valence-electron chi connectivity index (χ0n) is 16.2. The smallest absolute Gasteiger partial charge is 0.317 e. The van der Waals surface area contributed by atoms with Gasteiger partial charge in [0.25, 0.3) is 0 Å². The van der Waals surface area contributed by atoms with Gasteiger partial charge in [-0.05, 0) is 19.4 Å². The van der Waals surface area contributed by atoms with Crippen molar-refractivity contribution in [2.24, 2.45) is 5.92 Å². The summed E-state index contributed by atoms with van der Waals surface area (Å²) in [6.07, 6.45) is 1.01. The standard InChI is InChI=1S/C20H30FN3O3/c1-15(17-5-3-4-6-18(17)21)23(2)20(25)22-13-19(16-7-10-27-14-16)24-8-11-26-12-9-24/h3-6,15-16,19H,7-14H2,1-2H3,(H,22,25)/t15-,16+,19+/m1/s1. The zero-order valence-corrected chi connectivity index (χ0v) is 16.2. The lowest BCUT2D eigenvalue weighted by Gasteiger charge is -2.38. The number of halogens is 1. The van der Waals surface area contributed by atoms with Gasteiger partial charge in [0.1, 0.15) is 5.82 Å². The highest BCUT2D eigenvalue weighted by molar-refractivity contribution is 5.74. The second-order valence-corrected chi connectivity index (χ2v) is 7.33. The van der Waals surface area contributed by atoms with Gasteiger partial charge in [-0.1, -0.05) is 18.2 Å². The van der Waals surface area contributed by atoms with Crippen molar-refractivity contribution in [3.05, 3.63) is 35.6 Å². The average Bonchev–Trinajstić information content (AvgIpc) is 3.22. The number of hydrogen-bond donors (Lipinski definition) is 1. The Labute approximate surface area is 160 Å². The Morgan fingerprint density at radius 2 is 2.04 bits per heavy atom. The molecular formula is C20H30FN3O3. The van der Waals surface area contributed by atoms with Crippen molar-refractivity contribution >= 4 is 6.03 Å². The number of morpholine rings is 1. The molecule has 2 amide bonds. The molecule has 0 bridgehead atoms. The van der Waals surface area contributed by atoms with Gasteiger partial charge >= 0.3 is 6.03 Å². The molecule has 0 unspecified atom stereocenters. The molecule has 0 aliphatic carbocycles. The third-order valence-corrected chi connectivity index (χ3v) is 5.74. The molecular weight excluding hydrogens is 349 g/mol. The predicted octanol–water partition coefficient (Wildman–Crippen LogP) is 2.27. The van der Waals surface area contributed by atoms with Gasteiger partial charge in [-0.25, -0.2) is 9.18 Å². The van der Waals surface area contributed by atoms with Crippen LogP contribution in [0, 0.1) is 11.7 Å². The van der Waals surface area contributed by atoms with Crippen LogP contribution < -0.4 is 5.32 Å². The predicted molar refractivity (Wildman–Crippen MR) is 101 cm³/mol.